The number of likely N-dealkylation sites (tertiary alicyclic amines) is 2. The molecule has 0 aromatic carbocycles. The zero-order valence-electron chi connectivity index (χ0n) is 13.2. The molecule has 0 aromatic rings. The number of fused-ring (bicyclic) bond motifs is 1. The standard InChI is InChI=1S/C15H26N4O3/c1-22-15(21)18-8-10-5-12(6-11(10)9-18)17-7-14(20)19-4-2-3-13(19)16/h10-13,17H,2-9,16H2,1H3/t10-,11+,12-,13-/m0/s1. The fraction of sp³-hybridized carbons (Fsp3) is 0.867. The van der Waals surface area contributed by atoms with Gasteiger partial charge in [-0.25, -0.2) is 4.79 Å². The van der Waals surface area contributed by atoms with E-state index < -0.39 is 0 Å². The quantitative estimate of drug-likeness (QED) is 0.764. The van der Waals surface area contributed by atoms with Crippen LogP contribution in [0.3, 0.4) is 0 Å². The molecule has 3 fully saturated rings. The van der Waals surface area contributed by atoms with Gasteiger partial charge in [0.25, 0.3) is 0 Å². The third kappa shape index (κ3) is 3.05. The van der Waals surface area contributed by atoms with Crippen LogP contribution in [0.5, 0.6) is 0 Å². The molecule has 3 rings (SSSR count). The summed E-state index contributed by atoms with van der Waals surface area (Å²) in [5.74, 6) is 1.17. The van der Waals surface area contributed by atoms with E-state index in [0.29, 0.717) is 24.4 Å². The lowest BCUT2D eigenvalue weighted by molar-refractivity contribution is -0.131. The second kappa shape index (κ2) is 6.42. The second-order valence-corrected chi connectivity index (χ2v) is 6.74. The second-order valence-electron chi connectivity index (χ2n) is 6.74. The van der Waals surface area contributed by atoms with Crippen LogP contribution in [0.25, 0.3) is 0 Å². The maximum atomic E-state index is 12.2. The average molecular weight is 310 g/mol. The minimum absolute atomic E-state index is 0.106. The first-order valence-electron chi connectivity index (χ1n) is 8.19. The van der Waals surface area contributed by atoms with Crippen LogP contribution in [-0.2, 0) is 9.53 Å². The van der Waals surface area contributed by atoms with E-state index in [0.717, 1.165) is 45.3 Å². The van der Waals surface area contributed by atoms with E-state index in [-0.39, 0.29) is 18.2 Å². The number of ether oxygens (including phenoxy) is 1. The molecule has 3 N–H and O–H groups in total. The number of rotatable bonds is 3. The number of nitrogens with two attached hydrogens (primary N) is 1. The molecule has 7 heteroatoms. The lowest BCUT2D eigenvalue weighted by Gasteiger charge is -2.23. The summed E-state index contributed by atoms with van der Waals surface area (Å²) in [5, 5.41) is 3.38. The molecule has 0 spiro atoms. The number of amides is 2. The molecule has 1 saturated carbocycles. The van der Waals surface area contributed by atoms with Gasteiger partial charge in [0.05, 0.1) is 19.8 Å². The van der Waals surface area contributed by atoms with Gasteiger partial charge in [0.15, 0.2) is 0 Å². The van der Waals surface area contributed by atoms with Crippen molar-refractivity contribution in [1.82, 2.24) is 15.1 Å². The molecule has 2 aliphatic heterocycles. The van der Waals surface area contributed by atoms with Gasteiger partial charge in [0.1, 0.15) is 0 Å². The van der Waals surface area contributed by atoms with Crippen LogP contribution >= 0.6 is 0 Å². The van der Waals surface area contributed by atoms with E-state index >= 15 is 0 Å². The van der Waals surface area contributed by atoms with Crippen molar-refractivity contribution in [2.75, 3.05) is 33.3 Å². The van der Waals surface area contributed by atoms with Gasteiger partial charge in [-0.05, 0) is 37.5 Å². The van der Waals surface area contributed by atoms with Crippen molar-refractivity contribution in [2.45, 2.75) is 37.9 Å². The summed E-state index contributed by atoms with van der Waals surface area (Å²) >= 11 is 0. The van der Waals surface area contributed by atoms with E-state index in [1.165, 1.54) is 7.11 Å². The number of hydrogen-bond donors (Lipinski definition) is 2. The Morgan fingerprint density at radius 1 is 1.27 bits per heavy atom. The number of carbonyl (C=O) groups excluding carboxylic acids is 2. The van der Waals surface area contributed by atoms with Crippen molar-refractivity contribution in [2.24, 2.45) is 17.6 Å². The molecule has 2 amide bonds. The summed E-state index contributed by atoms with van der Waals surface area (Å²) in [4.78, 5) is 27.3. The van der Waals surface area contributed by atoms with Gasteiger partial charge < -0.3 is 25.6 Å². The van der Waals surface area contributed by atoms with Crippen molar-refractivity contribution in [3.05, 3.63) is 0 Å². The SMILES string of the molecule is COC(=O)N1C[C@H]2C[C@@H](NCC(=O)N3CCC[C@H]3N)C[C@H]2C1. The Morgan fingerprint density at radius 3 is 2.50 bits per heavy atom. The molecule has 4 atom stereocenters. The molecule has 7 nitrogen and oxygen atoms in total. The molecular formula is C15H26N4O3. The largest absolute Gasteiger partial charge is 0.453 e. The molecule has 22 heavy (non-hydrogen) atoms. The van der Waals surface area contributed by atoms with Crippen LogP contribution in [0, 0.1) is 11.8 Å². The first kappa shape index (κ1) is 15.6. The maximum absolute atomic E-state index is 12.2. The molecule has 3 aliphatic rings. The van der Waals surface area contributed by atoms with Crippen molar-refractivity contribution in [1.29, 1.82) is 0 Å². The lowest BCUT2D eigenvalue weighted by Crippen LogP contribution is -2.46. The Balaban J connectivity index is 1.42. The topological polar surface area (TPSA) is 87.9 Å². The van der Waals surface area contributed by atoms with Crippen LogP contribution in [-0.4, -0.2) is 67.3 Å². The predicted octanol–water partition coefficient (Wildman–Crippen LogP) is -0.0400. The van der Waals surface area contributed by atoms with Gasteiger partial charge in [-0.1, -0.05) is 0 Å². The molecule has 0 unspecified atom stereocenters. The Bertz CT molecular complexity index is 431. The van der Waals surface area contributed by atoms with Crippen molar-refractivity contribution < 1.29 is 14.3 Å². The van der Waals surface area contributed by atoms with Gasteiger partial charge in [-0.3, -0.25) is 4.79 Å². The molecule has 2 saturated heterocycles. The molecule has 1 aliphatic carbocycles. The van der Waals surface area contributed by atoms with E-state index in [2.05, 4.69) is 5.32 Å². The van der Waals surface area contributed by atoms with Gasteiger partial charge in [-0.15, -0.1) is 0 Å². The Labute approximate surface area is 131 Å². The van der Waals surface area contributed by atoms with E-state index in [4.69, 9.17) is 10.5 Å². The fourth-order valence-electron chi connectivity index (χ4n) is 4.18. The minimum atomic E-state index is -0.225. The summed E-state index contributed by atoms with van der Waals surface area (Å²) < 4.78 is 4.78. The number of hydrogen-bond acceptors (Lipinski definition) is 5. The maximum Gasteiger partial charge on any atom is 0.409 e. The Morgan fingerprint density at radius 2 is 1.95 bits per heavy atom. The van der Waals surface area contributed by atoms with Crippen molar-refractivity contribution in [3.63, 3.8) is 0 Å². The highest BCUT2D eigenvalue weighted by Crippen LogP contribution is 2.38. The molecule has 0 aromatic heterocycles. The fourth-order valence-corrected chi connectivity index (χ4v) is 4.18. The normalized spacial score (nSPS) is 34.1. The molecular weight excluding hydrogens is 284 g/mol. The highest BCUT2D eigenvalue weighted by molar-refractivity contribution is 5.78. The number of methoxy groups -OCH3 is 1. The van der Waals surface area contributed by atoms with Gasteiger partial charge in [0.2, 0.25) is 5.91 Å². The zero-order chi connectivity index (χ0) is 15.7. The molecule has 0 radical (unpaired) electrons. The van der Waals surface area contributed by atoms with Crippen LogP contribution in [0.1, 0.15) is 25.7 Å². The van der Waals surface area contributed by atoms with Crippen LogP contribution < -0.4 is 11.1 Å². The third-order valence-electron chi connectivity index (χ3n) is 5.35. The Kier molecular flexibility index (Phi) is 4.54. The summed E-state index contributed by atoms with van der Waals surface area (Å²) in [6.45, 7) is 2.71. The van der Waals surface area contributed by atoms with E-state index in [1.54, 1.807) is 9.80 Å². The summed E-state index contributed by atoms with van der Waals surface area (Å²) in [5.41, 5.74) is 5.92. The first-order valence-corrected chi connectivity index (χ1v) is 8.19. The minimum Gasteiger partial charge on any atom is -0.453 e. The third-order valence-corrected chi connectivity index (χ3v) is 5.35. The lowest BCUT2D eigenvalue weighted by atomic mass is 10.0. The molecule has 2 heterocycles. The number of nitrogens with zero attached hydrogens (tertiary/aromatic N) is 2. The summed E-state index contributed by atoms with van der Waals surface area (Å²) in [6.07, 6.45) is 3.63. The van der Waals surface area contributed by atoms with Gasteiger partial charge in [0, 0.05) is 25.7 Å². The van der Waals surface area contributed by atoms with E-state index in [9.17, 15) is 9.59 Å². The van der Waals surface area contributed by atoms with Gasteiger partial charge >= 0.3 is 6.09 Å². The monoisotopic (exact) mass is 310 g/mol. The van der Waals surface area contributed by atoms with Crippen molar-refractivity contribution in [3.8, 4) is 0 Å². The predicted molar refractivity (Wildman–Crippen MR) is 80.9 cm³/mol. The van der Waals surface area contributed by atoms with Gasteiger partial charge in [-0.2, -0.15) is 0 Å². The zero-order valence-corrected chi connectivity index (χ0v) is 13.2. The van der Waals surface area contributed by atoms with E-state index in [1.807, 2.05) is 0 Å². The van der Waals surface area contributed by atoms with Crippen LogP contribution in [0.2, 0.25) is 0 Å². The highest BCUT2D eigenvalue weighted by Gasteiger charge is 2.42. The number of nitrogens with one attached hydrogen (secondary N) is 1. The van der Waals surface area contributed by atoms with Crippen LogP contribution in [0.15, 0.2) is 0 Å². The summed E-state index contributed by atoms with van der Waals surface area (Å²) in [7, 11) is 1.43. The van der Waals surface area contributed by atoms with Crippen LogP contribution in [0.4, 0.5) is 4.79 Å². The summed E-state index contributed by atoms with van der Waals surface area (Å²) in [6, 6.07) is 0.373. The molecule has 0 bridgehead atoms. The smallest absolute Gasteiger partial charge is 0.409 e. The molecule has 124 valence electrons. The number of carbonyl (C=O) groups is 2. The average Bonchev–Trinajstić information content (AvgIpc) is 3.17. The Hall–Kier alpha value is -1.34. The first-order chi connectivity index (χ1) is 10.6. The highest BCUT2D eigenvalue weighted by atomic mass is 16.5. The van der Waals surface area contributed by atoms with Crippen molar-refractivity contribution >= 4 is 12.0 Å².